The van der Waals surface area contributed by atoms with Crippen LogP contribution in [-0.2, 0) is 4.74 Å². The highest BCUT2D eigenvalue weighted by Crippen LogP contribution is 2.45. The third-order valence-electron chi connectivity index (χ3n) is 4.98. The first-order valence-electron chi connectivity index (χ1n) is 8.59. The van der Waals surface area contributed by atoms with Crippen LogP contribution in [0.2, 0.25) is 0 Å². The molecule has 0 radical (unpaired) electrons. The van der Waals surface area contributed by atoms with Crippen LogP contribution >= 0.6 is 11.6 Å². The lowest BCUT2D eigenvalue weighted by Gasteiger charge is -2.33. The summed E-state index contributed by atoms with van der Waals surface area (Å²) in [6.45, 7) is 5.57. The van der Waals surface area contributed by atoms with Crippen LogP contribution in [0.25, 0.3) is 0 Å². The van der Waals surface area contributed by atoms with Gasteiger partial charge in [0.05, 0.1) is 20.6 Å². The summed E-state index contributed by atoms with van der Waals surface area (Å²) in [5.74, 6) is 0. The van der Waals surface area contributed by atoms with Gasteiger partial charge in [-0.25, -0.2) is 0 Å². The van der Waals surface area contributed by atoms with E-state index in [4.69, 9.17) is 16.3 Å². The van der Waals surface area contributed by atoms with Crippen molar-refractivity contribution < 1.29 is 21.6 Å². The zero-order chi connectivity index (χ0) is 15.1. The fraction of sp³-hybridized carbons (Fsp3) is 1.00. The second kappa shape index (κ2) is 10.3. The van der Waals surface area contributed by atoms with E-state index in [1.54, 1.807) is 0 Å². The third kappa shape index (κ3) is 7.07. The molecule has 0 saturated carbocycles. The van der Waals surface area contributed by atoms with Crippen LogP contribution in [0.5, 0.6) is 0 Å². The molecule has 0 aromatic heterocycles. The van der Waals surface area contributed by atoms with Crippen molar-refractivity contribution in [3.63, 3.8) is 0 Å². The SMILES string of the molecule is CCCCCCCCCCCC[N+](C)(C)C1(C)OC1Cl.[Cl-]. The van der Waals surface area contributed by atoms with E-state index in [0.29, 0.717) is 0 Å². The van der Waals surface area contributed by atoms with Crippen molar-refractivity contribution in [1.29, 1.82) is 0 Å². The minimum absolute atomic E-state index is 0. The highest BCUT2D eigenvalue weighted by atomic mass is 35.5. The van der Waals surface area contributed by atoms with Crippen molar-refractivity contribution >= 4 is 11.6 Å². The number of epoxide rings is 1. The van der Waals surface area contributed by atoms with Gasteiger partial charge in [0, 0.05) is 6.92 Å². The molecule has 0 aromatic rings. The van der Waals surface area contributed by atoms with Gasteiger partial charge < -0.3 is 12.4 Å². The van der Waals surface area contributed by atoms with E-state index < -0.39 is 0 Å². The molecule has 21 heavy (non-hydrogen) atoms. The Morgan fingerprint density at radius 2 is 1.29 bits per heavy atom. The number of nitrogens with zero attached hydrogens (tertiary/aromatic N) is 1. The molecular weight excluding hydrogens is 305 g/mol. The third-order valence-corrected chi connectivity index (χ3v) is 5.47. The van der Waals surface area contributed by atoms with E-state index in [1.165, 1.54) is 64.2 Å². The molecule has 4 heteroatoms. The fourth-order valence-corrected chi connectivity index (χ4v) is 3.25. The van der Waals surface area contributed by atoms with Gasteiger partial charge in [0.2, 0.25) is 11.3 Å². The molecule has 0 N–H and O–H groups in total. The second-order valence-electron chi connectivity index (χ2n) is 7.08. The minimum Gasteiger partial charge on any atom is -1.00 e. The number of rotatable bonds is 12. The second-order valence-corrected chi connectivity index (χ2v) is 7.48. The van der Waals surface area contributed by atoms with Gasteiger partial charge in [0.25, 0.3) is 0 Å². The quantitative estimate of drug-likeness (QED) is 0.230. The maximum Gasteiger partial charge on any atom is 0.243 e. The predicted octanol–water partition coefficient (Wildman–Crippen LogP) is 2.30. The molecule has 1 aliphatic rings. The highest BCUT2D eigenvalue weighted by molar-refractivity contribution is 6.21. The fourth-order valence-electron chi connectivity index (χ4n) is 2.81. The van der Waals surface area contributed by atoms with E-state index in [2.05, 4.69) is 27.9 Å². The van der Waals surface area contributed by atoms with E-state index >= 15 is 0 Å². The molecule has 1 rings (SSSR count). The largest absolute Gasteiger partial charge is 1.00 e. The zero-order valence-corrected chi connectivity index (χ0v) is 16.0. The minimum atomic E-state index is -0.152. The molecular formula is C17H35Cl2NO. The first-order chi connectivity index (χ1) is 9.44. The maximum atomic E-state index is 6.07. The molecule has 0 amide bonds. The molecule has 1 saturated heterocycles. The van der Waals surface area contributed by atoms with Gasteiger partial charge in [-0.05, 0) is 12.8 Å². The lowest BCUT2D eigenvalue weighted by atomic mass is 10.1. The standard InChI is InChI=1S/C17H35ClNO.ClH/c1-5-6-7-8-9-10-11-12-13-14-15-19(3,4)17(2)16(18)20-17;/h16H,5-15H2,1-4H3;1H/q+1;/p-1. The number of unbranched alkanes of at least 4 members (excludes halogenated alkanes) is 9. The molecule has 0 aliphatic carbocycles. The van der Waals surface area contributed by atoms with Crippen LogP contribution < -0.4 is 12.4 Å². The van der Waals surface area contributed by atoms with Crippen LogP contribution in [0, 0.1) is 0 Å². The number of alkyl halides is 1. The summed E-state index contributed by atoms with van der Waals surface area (Å²) >= 11 is 6.07. The maximum absolute atomic E-state index is 6.07. The van der Waals surface area contributed by atoms with Crippen LogP contribution in [0.1, 0.15) is 78.1 Å². The van der Waals surface area contributed by atoms with Crippen molar-refractivity contribution in [2.75, 3.05) is 20.6 Å². The summed E-state index contributed by atoms with van der Waals surface area (Å²) in [6, 6.07) is 0. The highest BCUT2D eigenvalue weighted by Gasteiger charge is 2.63. The van der Waals surface area contributed by atoms with E-state index in [9.17, 15) is 0 Å². The van der Waals surface area contributed by atoms with Crippen molar-refractivity contribution in [1.82, 2.24) is 0 Å². The van der Waals surface area contributed by atoms with E-state index in [1.807, 2.05) is 0 Å². The Balaban J connectivity index is 0.00000400. The Morgan fingerprint density at radius 3 is 1.67 bits per heavy atom. The molecule has 1 heterocycles. The normalized spacial score (nSPS) is 24.7. The van der Waals surface area contributed by atoms with Crippen LogP contribution in [-0.4, -0.2) is 36.4 Å². The summed E-state index contributed by atoms with van der Waals surface area (Å²) < 4.78 is 6.44. The molecule has 2 unspecified atom stereocenters. The monoisotopic (exact) mass is 339 g/mol. The van der Waals surface area contributed by atoms with Gasteiger partial charge >= 0.3 is 0 Å². The van der Waals surface area contributed by atoms with Gasteiger partial charge in [0.15, 0.2) is 0 Å². The molecule has 2 nitrogen and oxygen atoms in total. The Morgan fingerprint density at radius 1 is 0.905 bits per heavy atom. The van der Waals surface area contributed by atoms with Crippen molar-refractivity contribution in [3.8, 4) is 0 Å². The van der Waals surface area contributed by atoms with E-state index in [0.717, 1.165) is 11.0 Å². The van der Waals surface area contributed by atoms with Gasteiger partial charge in [-0.3, -0.25) is 9.22 Å². The summed E-state index contributed by atoms with van der Waals surface area (Å²) in [4.78, 5) is 0. The van der Waals surface area contributed by atoms with Crippen molar-refractivity contribution in [2.45, 2.75) is 89.3 Å². The topological polar surface area (TPSA) is 12.5 Å². The molecule has 128 valence electrons. The average Bonchev–Trinajstić information content (AvgIpc) is 3.02. The molecule has 2 atom stereocenters. The Kier molecular flexibility index (Phi) is 10.6. The van der Waals surface area contributed by atoms with Crippen LogP contribution in [0.15, 0.2) is 0 Å². The molecule has 0 bridgehead atoms. The lowest BCUT2D eigenvalue weighted by Crippen LogP contribution is -3.00. The number of halogens is 2. The van der Waals surface area contributed by atoms with Crippen molar-refractivity contribution in [2.24, 2.45) is 0 Å². The molecule has 0 spiro atoms. The lowest BCUT2D eigenvalue weighted by molar-refractivity contribution is -0.935. The number of likely N-dealkylation sites (N-methyl/N-ethyl adjacent to an activating group) is 1. The average molecular weight is 340 g/mol. The van der Waals surface area contributed by atoms with Crippen molar-refractivity contribution in [3.05, 3.63) is 0 Å². The smallest absolute Gasteiger partial charge is 0.243 e. The summed E-state index contributed by atoms with van der Waals surface area (Å²) in [7, 11) is 4.46. The predicted molar refractivity (Wildman–Crippen MR) is 88.0 cm³/mol. The summed E-state index contributed by atoms with van der Waals surface area (Å²) in [5.41, 5.74) is -0.249. The summed E-state index contributed by atoms with van der Waals surface area (Å²) in [5, 5.41) is 0. The first-order valence-corrected chi connectivity index (χ1v) is 9.02. The van der Waals surface area contributed by atoms with Gasteiger partial charge in [0.1, 0.15) is 0 Å². The number of quaternary nitrogens is 1. The first kappa shape index (κ1) is 21.5. The number of ether oxygens (including phenoxy) is 1. The Labute approximate surface area is 143 Å². The number of hydrogen-bond donors (Lipinski definition) is 0. The molecule has 1 fully saturated rings. The van der Waals surface area contributed by atoms with Crippen LogP contribution in [0.4, 0.5) is 0 Å². The Hall–Kier alpha value is 0.500. The van der Waals surface area contributed by atoms with Gasteiger partial charge in [-0.1, -0.05) is 69.9 Å². The zero-order valence-electron chi connectivity index (χ0n) is 14.5. The van der Waals surface area contributed by atoms with Gasteiger partial charge in [-0.2, -0.15) is 0 Å². The Bertz CT molecular complexity index is 274. The molecule has 0 aromatic carbocycles. The van der Waals surface area contributed by atoms with Gasteiger partial charge in [-0.15, -0.1) is 0 Å². The number of hydrogen-bond acceptors (Lipinski definition) is 1. The van der Waals surface area contributed by atoms with Crippen LogP contribution in [0.3, 0.4) is 0 Å². The van der Waals surface area contributed by atoms with E-state index in [-0.39, 0.29) is 23.7 Å². The summed E-state index contributed by atoms with van der Waals surface area (Å²) in [6.07, 6.45) is 13.9. The molecule has 1 aliphatic heterocycles.